The van der Waals surface area contributed by atoms with Crippen LogP contribution in [0.3, 0.4) is 0 Å². The highest BCUT2D eigenvalue weighted by Crippen LogP contribution is 2.45. The summed E-state index contributed by atoms with van der Waals surface area (Å²) in [4.78, 5) is 12.2. The van der Waals surface area contributed by atoms with Crippen LogP contribution >= 0.6 is 0 Å². The lowest BCUT2D eigenvalue weighted by molar-refractivity contribution is 0.0491. The topological polar surface area (TPSA) is 73.6 Å². The standard InChI is InChI=1S/C20H32N2O3/c1-18(2,3)24-16-9-7-14(8-10-16)11-20(12-15(20)13-21)22-17(23)25-19(4,5)6/h7-10,15H,11-13,21H2,1-6H3,(H,22,23). The van der Waals surface area contributed by atoms with Crippen LogP contribution in [0.25, 0.3) is 0 Å². The first-order valence-electron chi connectivity index (χ1n) is 8.92. The zero-order chi connectivity index (χ0) is 18.9. The van der Waals surface area contributed by atoms with Crippen molar-refractivity contribution >= 4 is 6.09 Å². The Balaban J connectivity index is 2.03. The number of nitrogens with one attached hydrogen (secondary N) is 1. The minimum Gasteiger partial charge on any atom is -0.488 e. The van der Waals surface area contributed by atoms with E-state index in [2.05, 4.69) is 5.32 Å². The molecule has 1 amide bonds. The second kappa shape index (κ2) is 6.87. The molecule has 1 aromatic carbocycles. The molecule has 1 aliphatic rings. The van der Waals surface area contributed by atoms with Gasteiger partial charge in [-0.25, -0.2) is 4.79 Å². The SMILES string of the molecule is CC(C)(C)OC(=O)NC1(Cc2ccc(OC(C)(C)C)cc2)CC1CN. The molecule has 0 aliphatic heterocycles. The monoisotopic (exact) mass is 348 g/mol. The molecule has 2 atom stereocenters. The number of nitrogens with two attached hydrogens (primary N) is 1. The van der Waals surface area contributed by atoms with Crippen LogP contribution < -0.4 is 15.8 Å². The number of benzene rings is 1. The molecule has 1 aliphatic carbocycles. The summed E-state index contributed by atoms with van der Waals surface area (Å²) in [5.74, 6) is 1.13. The van der Waals surface area contributed by atoms with Crippen molar-refractivity contribution < 1.29 is 14.3 Å². The molecular formula is C20H32N2O3. The molecule has 0 heterocycles. The van der Waals surface area contributed by atoms with Crippen LogP contribution in [-0.4, -0.2) is 29.4 Å². The number of hydrogen-bond acceptors (Lipinski definition) is 4. The van der Waals surface area contributed by atoms with Crippen LogP contribution in [0.4, 0.5) is 4.79 Å². The van der Waals surface area contributed by atoms with Crippen LogP contribution in [0.1, 0.15) is 53.5 Å². The number of hydrogen-bond donors (Lipinski definition) is 2. The highest BCUT2D eigenvalue weighted by atomic mass is 16.6. The van der Waals surface area contributed by atoms with Gasteiger partial charge in [-0.3, -0.25) is 0 Å². The van der Waals surface area contributed by atoms with Gasteiger partial charge in [0.2, 0.25) is 0 Å². The molecular weight excluding hydrogens is 316 g/mol. The van der Waals surface area contributed by atoms with E-state index in [9.17, 15) is 4.79 Å². The van der Waals surface area contributed by atoms with Crippen LogP contribution in [-0.2, 0) is 11.2 Å². The van der Waals surface area contributed by atoms with E-state index >= 15 is 0 Å². The third-order valence-electron chi connectivity index (χ3n) is 4.13. The second-order valence-corrected chi connectivity index (χ2v) is 8.95. The minimum absolute atomic E-state index is 0.220. The Hall–Kier alpha value is -1.75. The van der Waals surface area contributed by atoms with Gasteiger partial charge < -0.3 is 20.5 Å². The van der Waals surface area contributed by atoms with Gasteiger partial charge in [-0.1, -0.05) is 12.1 Å². The van der Waals surface area contributed by atoms with E-state index in [-0.39, 0.29) is 23.2 Å². The first kappa shape index (κ1) is 19.6. The summed E-state index contributed by atoms with van der Waals surface area (Å²) in [7, 11) is 0. The Bertz CT molecular complexity index is 599. The van der Waals surface area contributed by atoms with Gasteiger partial charge >= 0.3 is 6.09 Å². The van der Waals surface area contributed by atoms with E-state index in [1.165, 1.54) is 0 Å². The number of carbonyl (C=O) groups is 1. The molecule has 5 heteroatoms. The molecule has 5 nitrogen and oxygen atoms in total. The molecule has 1 saturated carbocycles. The molecule has 0 bridgehead atoms. The Kier molecular flexibility index (Phi) is 5.38. The smallest absolute Gasteiger partial charge is 0.408 e. The Labute approximate surface area is 151 Å². The largest absolute Gasteiger partial charge is 0.488 e. The van der Waals surface area contributed by atoms with E-state index in [4.69, 9.17) is 15.2 Å². The first-order chi connectivity index (χ1) is 11.4. The summed E-state index contributed by atoms with van der Waals surface area (Å²) in [6, 6.07) is 8.04. The van der Waals surface area contributed by atoms with E-state index < -0.39 is 5.60 Å². The van der Waals surface area contributed by atoms with Crippen molar-refractivity contribution in [2.24, 2.45) is 11.7 Å². The number of rotatable bonds is 5. The number of amides is 1. The molecule has 1 aromatic rings. The van der Waals surface area contributed by atoms with Crippen LogP contribution in [0.5, 0.6) is 5.75 Å². The third-order valence-corrected chi connectivity index (χ3v) is 4.13. The zero-order valence-electron chi connectivity index (χ0n) is 16.3. The minimum atomic E-state index is -0.510. The fraction of sp³-hybridized carbons (Fsp3) is 0.650. The fourth-order valence-corrected chi connectivity index (χ4v) is 3.00. The maximum atomic E-state index is 12.2. The molecule has 3 N–H and O–H groups in total. The Morgan fingerprint density at radius 1 is 1.16 bits per heavy atom. The first-order valence-corrected chi connectivity index (χ1v) is 8.92. The molecule has 0 saturated heterocycles. The third kappa shape index (κ3) is 5.92. The van der Waals surface area contributed by atoms with E-state index in [1.54, 1.807) is 0 Å². The van der Waals surface area contributed by atoms with Crippen molar-refractivity contribution in [3.8, 4) is 5.75 Å². The average molecular weight is 348 g/mol. The van der Waals surface area contributed by atoms with Gasteiger partial charge in [-0.15, -0.1) is 0 Å². The van der Waals surface area contributed by atoms with Gasteiger partial charge in [0.25, 0.3) is 0 Å². The van der Waals surface area contributed by atoms with Gasteiger partial charge in [-0.05, 0) is 84.5 Å². The van der Waals surface area contributed by atoms with Gasteiger partial charge in [0.05, 0.1) is 5.54 Å². The number of ether oxygens (including phenoxy) is 2. The van der Waals surface area contributed by atoms with Crippen molar-refractivity contribution in [2.75, 3.05) is 6.54 Å². The highest BCUT2D eigenvalue weighted by Gasteiger charge is 2.54. The predicted octanol–water partition coefficient (Wildman–Crippen LogP) is 3.65. The van der Waals surface area contributed by atoms with Crippen LogP contribution in [0.2, 0.25) is 0 Å². The summed E-state index contributed by atoms with van der Waals surface area (Å²) < 4.78 is 11.3. The van der Waals surface area contributed by atoms with Crippen molar-refractivity contribution in [2.45, 2.75) is 71.1 Å². The molecule has 2 rings (SSSR count). The van der Waals surface area contributed by atoms with Crippen molar-refractivity contribution in [1.82, 2.24) is 5.32 Å². The van der Waals surface area contributed by atoms with Crippen LogP contribution in [0.15, 0.2) is 24.3 Å². The molecule has 0 aromatic heterocycles. The van der Waals surface area contributed by atoms with Crippen LogP contribution in [0, 0.1) is 5.92 Å². The second-order valence-electron chi connectivity index (χ2n) is 8.95. The summed E-state index contributed by atoms with van der Waals surface area (Å²) in [6.45, 7) is 12.2. The molecule has 25 heavy (non-hydrogen) atoms. The van der Waals surface area contributed by atoms with E-state index in [1.807, 2.05) is 65.8 Å². The lowest BCUT2D eigenvalue weighted by Crippen LogP contribution is -2.44. The van der Waals surface area contributed by atoms with E-state index in [0.717, 1.165) is 24.2 Å². The van der Waals surface area contributed by atoms with Gasteiger partial charge in [0.1, 0.15) is 17.0 Å². The van der Waals surface area contributed by atoms with Crippen molar-refractivity contribution in [1.29, 1.82) is 0 Å². The highest BCUT2D eigenvalue weighted by molar-refractivity contribution is 5.69. The van der Waals surface area contributed by atoms with Gasteiger partial charge in [0, 0.05) is 0 Å². The Morgan fingerprint density at radius 3 is 2.20 bits per heavy atom. The normalized spacial score (nSPS) is 23.1. The number of carbonyl (C=O) groups excluding carboxylic acids is 1. The summed E-state index contributed by atoms with van der Waals surface area (Å²) >= 11 is 0. The lowest BCUT2D eigenvalue weighted by atomic mass is 10.0. The molecule has 2 unspecified atom stereocenters. The maximum absolute atomic E-state index is 12.2. The van der Waals surface area contributed by atoms with Crippen molar-refractivity contribution in [3.05, 3.63) is 29.8 Å². The maximum Gasteiger partial charge on any atom is 0.408 e. The summed E-state index contributed by atoms with van der Waals surface area (Å²) in [6.07, 6.45) is 1.24. The molecule has 0 radical (unpaired) electrons. The van der Waals surface area contributed by atoms with E-state index in [0.29, 0.717) is 6.54 Å². The quantitative estimate of drug-likeness (QED) is 0.852. The number of alkyl carbamates (subject to hydrolysis) is 1. The Morgan fingerprint density at radius 2 is 1.76 bits per heavy atom. The zero-order valence-corrected chi connectivity index (χ0v) is 16.3. The summed E-state index contributed by atoms with van der Waals surface area (Å²) in [5.41, 5.74) is 5.96. The predicted molar refractivity (Wildman–Crippen MR) is 99.8 cm³/mol. The summed E-state index contributed by atoms with van der Waals surface area (Å²) in [5, 5.41) is 3.05. The molecule has 0 spiro atoms. The average Bonchev–Trinajstić information content (AvgIpc) is 3.09. The van der Waals surface area contributed by atoms with Gasteiger partial charge in [-0.2, -0.15) is 0 Å². The molecule has 140 valence electrons. The van der Waals surface area contributed by atoms with Crippen molar-refractivity contribution in [3.63, 3.8) is 0 Å². The lowest BCUT2D eigenvalue weighted by Gasteiger charge is -2.25. The van der Waals surface area contributed by atoms with Gasteiger partial charge in [0.15, 0.2) is 0 Å². The fourth-order valence-electron chi connectivity index (χ4n) is 3.00. The molecule has 1 fully saturated rings.